The normalized spacial score (nSPS) is 11.3. The molecule has 0 amide bonds. The van der Waals surface area contributed by atoms with E-state index in [2.05, 4.69) is 34.7 Å². The maximum atomic E-state index is 5.62. The zero-order chi connectivity index (χ0) is 14.5. The van der Waals surface area contributed by atoms with Gasteiger partial charge < -0.3 is 10.1 Å². The van der Waals surface area contributed by atoms with Crippen molar-refractivity contribution >= 4 is 0 Å². The fourth-order valence-electron chi connectivity index (χ4n) is 1.75. The predicted octanol–water partition coefficient (Wildman–Crippen LogP) is 1.95. The van der Waals surface area contributed by atoms with Gasteiger partial charge in [0.1, 0.15) is 5.75 Å². The lowest BCUT2D eigenvalue weighted by Crippen LogP contribution is -2.24. The van der Waals surface area contributed by atoms with Gasteiger partial charge in [0.2, 0.25) is 0 Å². The van der Waals surface area contributed by atoms with E-state index in [4.69, 9.17) is 4.74 Å². The van der Waals surface area contributed by atoms with E-state index in [1.807, 2.05) is 38.1 Å². The average molecular weight is 275 g/mol. The minimum absolute atomic E-state index is 0.166. The lowest BCUT2D eigenvalue weighted by molar-refractivity contribution is 0.242. The van der Waals surface area contributed by atoms with Crippen molar-refractivity contribution in [2.24, 2.45) is 0 Å². The molecule has 0 aliphatic rings. The molecule has 1 aromatic heterocycles. The summed E-state index contributed by atoms with van der Waals surface area (Å²) in [5.74, 6) is 1.63. The Hall–Kier alpha value is -1.95. The van der Waals surface area contributed by atoms with Crippen LogP contribution in [0.2, 0.25) is 0 Å². The van der Waals surface area contributed by atoms with E-state index in [1.165, 1.54) is 0 Å². The SMILES string of the molecule is CC(C)NCc1nnnn1-c1ccc(OC(C)C)cc1. The molecule has 0 aliphatic heterocycles. The lowest BCUT2D eigenvalue weighted by atomic mass is 10.3. The first kappa shape index (κ1) is 14.5. The van der Waals surface area contributed by atoms with Gasteiger partial charge in [0, 0.05) is 6.04 Å². The van der Waals surface area contributed by atoms with Gasteiger partial charge in [0.05, 0.1) is 18.3 Å². The van der Waals surface area contributed by atoms with Crippen LogP contribution in [0.1, 0.15) is 33.5 Å². The average Bonchev–Trinajstić information content (AvgIpc) is 2.85. The third kappa shape index (κ3) is 3.77. The molecule has 2 aromatic rings. The molecule has 0 bridgehead atoms. The van der Waals surface area contributed by atoms with Crippen LogP contribution in [-0.2, 0) is 6.54 Å². The van der Waals surface area contributed by atoms with Crippen LogP contribution in [0.25, 0.3) is 5.69 Å². The fourth-order valence-corrected chi connectivity index (χ4v) is 1.75. The Morgan fingerprint density at radius 2 is 1.85 bits per heavy atom. The Balaban J connectivity index is 2.13. The number of rotatable bonds is 6. The number of nitrogens with zero attached hydrogens (tertiary/aromatic N) is 4. The van der Waals surface area contributed by atoms with Crippen molar-refractivity contribution in [3.8, 4) is 11.4 Å². The van der Waals surface area contributed by atoms with Crippen LogP contribution in [0, 0.1) is 0 Å². The zero-order valence-electron chi connectivity index (χ0n) is 12.4. The molecule has 6 heteroatoms. The van der Waals surface area contributed by atoms with Crippen molar-refractivity contribution < 1.29 is 4.74 Å². The minimum atomic E-state index is 0.166. The number of hydrogen-bond donors (Lipinski definition) is 1. The highest BCUT2D eigenvalue weighted by Crippen LogP contribution is 2.16. The highest BCUT2D eigenvalue weighted by Gasteiger charge is 2.08. The second-order valence-electron chi connectivity index (χ2n) is 5.20. The van der Waals surface area contributed by atoms with E-state index in [0.29, 0.717) is 12.6 Å². The van der Waals surface area contributed by atoms with Crippen LogP contribution in [0.3, 0.4) is 0 Å². The van der Waals surface area contributed by atoms with E-state index >= 15 is 0 Å². The fraction of sp³-hybridized carbons (Fsp3) is 0.500. The van der Waals surface area contributed by atoms with Crippen LogP contribution in [-0.4, -0.2) is 32.4 Å². The molecule has 1 N–H and O–H groups in total. The first-order valence-electron chi connectivity index (χ1n) is 6.84. The molecular weight excluding hydrogens is 254 g/mol. The number of aromatic nitrogens is 4. The van der Waals surface area contributed by atoms with Crippen molar-refractivity contribution in [3.63, 3.8) is 0 Å². The number of ether oxygens (including phenoxy) is 1. The van der Waals surface area contributed by atoms with Crippen molar-refractivity contribution in [3.05, 3.63) is 30.1 Å². The molecule has 1 aromatic carbocycles. The summed E-state index contributed by atoms with van der Waals surface area (Å²) in [5, 5.41) is 15.1. The maximum Gasteiger partial charge on any atom is 0.170 e. The zero-order valence-corrected chi connectivity index (χ0v) is 12.4. The smallest absolute Gasteiger partial charge is 0.170 e. The summed E-state index contributed by atoms with van der Waals surface area (Å²) in [6.45, 7) is 8.82. The van der Waals surface area contributed by atoms with Gasteiger partial charge in [0.15, 0.2) is 5.82 Å². The van der Waals surface area contributed by atoms with Gasteiger partial charge in [-0.1, -0.05) is 13.8 Å². The third-order valence-corrected chi connectivity index (χ3v) is 2.66. The van der Waals surface area contributed by atoms with Gasteiger partial charge >= 0.3 is 0 Å². The van der Waals surface area contributed by atoms with E-state index in [-0.39, 0.29) is 6.10 Å². The molecule has 0 aliphatic carbocycles. The molecule has 1 heterocycles. The van der Waals surface area contributed by atoms with Gasteiger partial charge in [-0.2, -0.15) is 4.68 Å². The third-order valence-electron chi connectivity index (χ3n) is 2.66. The summed E-state index contributed by atoms with van der Waals surface area (Å²) < 4.78 is 7.35. The number of tetrazole rings is 1. The van der Waals surface area contributed by atoms with Gasteiger partial charge in [-0.3, -0.25) is 0 Å². The van der Waals surface area contributed by atoms with E-state index in [0.717, 1.165) is 17.3 Å². The molecular formula is C14H21N5O. The summed E-state index contributed by atoms with van der Waals surface area (Å²) in [6.07, 6.45) is 0.166. The number of hydrogen-bond acceptors (Lipinski definition) is 5. The van der Waals surface area contributed by atoms with Gasteiger partial charge in [-0.05, 0) is 48.5 Å². The van der Waals surface area contributed by atoms with Crippen LogP contribution in [0.15, 0.2) is 24.3 Å². The Labute approximate surface area is 119 Å². The predicted molar refractivity (Wildman–Crippen MR) is 76.9 cm³/mol. The molecule has 0 saturated heterocycles. The highest BCUT2D eigenvalue weighted by molar-refractivity contribution is 5.37. The number of benzene rings is 1. The summed E-state index contributed by atoms with van der Waals surface area (Å²) in [6, 6.07) is 8.15. The molecule has 6 nitrogen and oxygen atoms in total. The number of nitrogens with one attached hydrogen (secondary N) is 1. The second-order valence-corrected chi connectivity index (χ2v) is 5.20. The molecule has 0 atom stereocenters. The first-order valence-corrected chi connectivity index (χ1v) is 6.84. The molecule has 0 spiro atoms. The molecule has 20 heavy (non-hydrogen) atoms. The van der Waals surface area contributed by atoms with Crippen LogP contribution < -0.4 is 10.1 Å². The van der Waals surface area contributed by atoms with Crippen molar-refractivity contribution in [2.75, 3.05) is 0 Å². The molecule has 108 valence electrons. The van der Waals surface area contributed by atoms with Gasteiger partial charge in [0.25, 0.3) is 0 Å². The Morgan fingerprint density at radius 3 is 2.45 bits per heavy atom. The van der Waals surface area contributed by atoms with Crippen molar-refractivity contribution in [1.82, 2.24) is 25.5 Å². The van der Waals surface area contributed by atoms with Crippen LogP contribution in [0.4, 0.5) is 0 Å². The summed E-state index contributed by atoms with van der Waals surface area (Å²) in [4.78, 5) is 0. The quantitative estimate of drug-likeness (QED) is 0.873. The van der Waals surface area contributed by atoms with E-state index in [9.17, 15) is 0 Å². The summed E-state index contributed by atoms with van der Waals surface area (Å²) in [7, 11) is 0. The Kier molecular flexibility index (Phi) is 4.68. The first-order chi connectivity index (χ1) is 9.56. The van der Waals surface area contributed by atoms with Crippen LogP contribution in [0.5, 0.6) is 5.75 Å². The van der Waals surface area contributed by atoms with Crippen molar-refractivity contribution in [1.29, 1.82) is 0 Å². The molecule has 0 radical (unpaired) electrons. The maximum absolute atomic E-state index is 5.62. The summed E-state index contributed by atoms with van der Waals surface area (Å²) >= 11 is 0. The van der Waals surface area contributed by atoms with Crippen LogP contribution >= 0.6 is 0 Å². The standard InChI is InChI=1S/C14H21N5O/c1-10(2)15-9-14-16-17-18-19(14)12-5-7-13(8-6-12)20-11(3)4/h5-8,10-11,15H,9H2,1-4H3. The molecule has 2 rings (SSSR count). The van der Waals surface area contributed by atoms with E-state index in [1.54, 1.807) is 4.68 Å². The monoisotopic (exact) mass is 275 g/mol. The molecule has 0 saturated carbocycles. The molecule has 0 unspecified atom stereocenters. The summed E-state index contributed by atoms with van der Waals surface area (Å²) in [5.41, 5.74) is 0.923. The lowest BCUT2D eigenvalue weighted by Gasteiger charge is -2.11. The second kappa shape index (κ2) is 6.47. The van der Waals surface area contributed by atoms with Gasteiger partial charge in [-0.25, -0.2) is 0 Å². The van der Waals surface area contributed by atoms with Gasteiger partial charge in [-0.15, -0.1) is 5.10 Å². The van der Waals surface area contributed by atoms with E-state index < -0.39 is 0 Å². The minimum Gasteiger partial charge on any atom is -0.491 e. The Bertz CT molecular complexity index is 533. The van der Waals surface area contributed by atoms with Crippen molar-refractivity contribution in [2.45, 2.75) is 46.4 Å². The Morgan fingerprint density at radius 1 is 1.15 bits per heavy atom. The molecule has 0 fully saturated rings. The largest absolute Gasteiger partial charge is 0.491 e. The topological polar surface area (TPSA) is 64.9 Å². The highest BCUT2D eigenvalue weighted by atomic mass is 16.5.